The molecule has 0 aliphatic carbocycles. The molecule has 1 saturated heterocycles. The predicted molar refractivity (Wildman–Crippen MR) is 92.7 cm³/mol. The van der Waals surface area contributed by atoms with Gasteiger partial charge in [0.25, 0.3) is 11.6 Å². The van der Waals surface area contributed by atoms with Crippen LogP contribution in [0.4, 0.5) is 10.8 Å². The molecule has 0 atom stereocenters. The molecule has 1 aliphatic rings. The Kier molecular flexibility index (Phi) is 4.86. The standard InChI is InChI=1S/C16H18N4O3S/c1-10-8-12(20(22)23)2-3-13(10)15(21)19-16-18-9-14(24-16)11-4-6-17-7-5-11/h2-3,8-9,11,17H,4-7H2,1H3,(H,18,19,21). The van der Waals surface area contributed by atoms with Gasteiger partial charge in [-0.2, -0.15) is 0 Å². The first-order chi connectivity index (χ1) is 11.5. The van der Waals surface area contributed by atoms with Gasteiger partial charge in [-0.25, -0.2) is 4.98 Å². The van der Waals surface area contributed by atoms with Crippen molar-refractivity contribution in [1.29, 1.82) is 0 Å². The van der Waals surface area contributed by atoms with Crippen molar-refractivity contribution >= 4 is 28.1 Å². The Morgan fingerprint density at radius 3 is 2.83 bits per heavy atom. The Balaban J connectivity index is 1.71. The third-order valence-electron chi connectivity index (χ3n) is 4.15. The van der Waals surface area contributed by atoms with Gasteiger partial charge in [0.15, 0.2) is 5.13 Å². The molecule has 0 saturated carbocycles. The number of carbonyl (C=O) groups is 1. The van der Waals surface area contributed by atoms with Crippen LogP contribution in [0, 0.1) is 17.0 Å². The van der Waals surface area contributed by atoms with Crippen molar-refractivity contribution < 1.29 is 9.72 Å². The summed E-state index contributed by atoms with van der Waals surface area (Å²) in [6.07, 6.45) is 3.99. The number of thiazole rings is 1. The van der Waals surface area contributed by atoms with Crippen LogP contribution in [0.3, 0.4) is 0 Å². The van der Waals surface area contributed by atoms with Gasteiger partial charge >= 0.3 is 0 Å². The zero-order chi connectivity index (χ0) is 17.1. The van der Waals surface area contributed by atoms with Crippen LogP contribution in [0.5, 0.6) is 0 Å². The SMILES string of the molecule is Cc1cc([N+](=O)[O-])ccc1C(=O)Nc1ncc(C2CCNCC2)s1. The first-order valence-corrected chi connectivity index (χ1v) is 8.59. The van der Waals surface area contributed by atoms with E-state index in [1.165, 1.54) is 34.4 Å². The molecule has 1 aliphatic heterocycles. The van der Waals surface area contributed by atoms with Gasteiger partial charge in [0.1, 0.15) is 0 Å². The molecule has 0 spiro atoms. The lowest BCUT2D eigenvalue weighted by molar-refractivity contribution is -0.384. The van der Waals surface area contributed by atoms with Crippen LogP contribution < -0.4 is 10.6 Å². The van der Waals surface area contributed by atoms with Crippen LogP contribution in [0.25, 0.3) is 0 Å². The average molecular weight is 346 g/mol. The smallest absolute Gasteiger partial charge is 0.269 e. The number of nitro groups is 1. The number of amides is 1. The molecule has 2 aromatic rings. The summed E-state index contributed by atoms with van der Waals surface area (Å²) in [7, 11) is 0. The molecule has 24 heavy (non-hydrogen) atoms. The highest BCUT2D eigenvalue weighted by Gasteiger charge is 2.19. The van der Waals surface area contributed by atoms with E-state index in [4.69, 9.17) is 0 Å². The normalized spacial score (nSPS) is 15.2. The maximum Gasteiger partial charge on any atom is 0.269 e. The molecular weight excluding hydrogens is 328 g/mol. The Morgan fingerprint density at radius 1 is 1.42 bits per heavy atom. The van der Waals surface area contributed by atoms with Crippen molar-refractivity contribution in [3.63, 3.8) is 0 Å². The summed E-state index contributed by atoms with van der Waals surface area (Å²) in [5, 5.41) is 17.5. The third kappa shape index (κ3) is 3.60. The number of anilines is 1. The van der Waals surface area contributed by atoms with Gasteiger partial charge in [-0.05, 0) is 50.4 Å². The number of non-ortho nitro benzene ring substituents is 1. The number of aromatic nitrogens is 1. The minimum Gasteiger partial charge on any atom is -0.317 e. The van der Waals surface area contributed by atoms with Crippen molar-refractivity contribution in [2.45, 2.75) is 25.7 Å². The summed E-state index contributed by atoms with van der Waals surface area (Å²) in [6, 6.07) is 4.21. The van der Waals surface area contributed by atoms with E-state index in [-0.39, 0.29) is 11.6 Å². The summed E-state index contributed by atoms with van der Waals surface area (Å²) in [4.78, 5) is 28.2. The lowest BCUT2D eigenvalue weighted by Crippen LogP contribution is -2.26. The molecule has 0 bridgehead atoms. The Bertz CT molecular complexity index is 768. The number of nitrogens with zero attached hydrogens (tertiary/aromatic N) is 2. The molecule has 126 valence electrons. The quantitative estimate of drug-likeness (QED) is 0.655. The molecular formula is C16H18N4O3S. The molecule has 0 unspecified atom stereocenters. The van der Waals surface area contributed by atoms with Gasteiger partial charge in [-0.15, -0.1) is 11.3 Å². The molecule has 2 N–H and O–H groups in total. The molecule has 1 amide bonds. The molecule has 3 rings (SSSR count). The molecule has 1 aromatic heterocycles. The van der Waals surface area contributed by atoms with Crippen LogP contribution in [-0.2, 0) is 0 Å². The van der Waals surface area contributed by atoms with Crippen molar-refractivity contribution in [3.05, 3.63) is 50.5 Å². The zero-order valence-corrected chi connectivity index (χ0v) is 14.1. The fourth-order valence-corrected chi connectivity index (χ4v) is 3.80. The van der Waals surface area contributed by atoms with E-state index >= 15 is 0 Å². The van der Waals surface area contributed by atoms with Crippen LogP contribution in [-0.4, -0.2) is 28.9 Å². The Morgan fingerprint density at radius 2 is 2.17 bits per heavy atom. The minimum absolute atomic E-state index is 0.0218. The van der Waals surface area contributed by atoms with E-state index in [0.717, 1.165) is 25.9 Å². The Hall–Kier alpha value is -2.32. The lowest BCUT2D eigenvalue weighted by atomic mass is 9.97. The first-order valence-electron chi connectivity index (χ1n) is 7.77. The lowest BCUT2D eigenvalue weighted by Gasteiger charge is -2.20. The summed E-state index contributed by atoms with van der Waals surface area (Å²) in [5.74, 6) is 0.198. The van der Waals surface area contributed by atoms with Crippen molar-refractivity contribution in [1.82, 2.24) is 10.3 Å². The fraction of sp³-hybridized carbons (Fsp3) is 0.375. The number of hydrogen-bond donors (Lipinski definition) is 2. The van der Waals surface area contributed by atoms with Crippen LogP contribution >= 0.6 is 11.3 Å². The number of nitrogens with one attached hydrogen (secondary N) is 2. The van der Waals surface area contributed by atoms with Crippen LogP contribution in [0.15, 0.2) is 24.4 Å². The topological polar surface area (TPSA) is 97.2 Å². The van der Waals surface area contributed by atoms with Gasteiger partial charge in [-0.1, -0.05) is 0 Å². The largest absolute Gasteiger partial charge is 0.317 e. The molecule has 1 fully saturated rings. The van der Waals surface area contributed by atoms with E-state index < -0.39 is 4.92 Å². The van der Waals surface area contributed by atoms with Crippen LogP contribution in [0.1, 0.15) is 39.6 Å². The van der Waals surface area contributed by atoms with Crippen molar-refractivity contribution in [2.24, 2.45) is 0 Å². The summed E-state index contributed by atoms with van der Waals surface area (Å²) in [6.45, 7) is 3.70. The van der Waals surface area contributed by atoms with Crippen LogP contribution in [0.2, 0.25) is 0 Å². The third-order valence-corrected chi connectivity index (χ3v) is 5.23. The second kappa shape index (κ2) is 7.06. The predicted octanol–water partition coefficient (Wildman–Crippen LogP) is 3.08. The van der Waals surface area contributed by atoms with Gasteiger partial charge in [0.2, 0.25) is 0 Å². The first kappa shape index (κ1) is 16.5. The maximum absolute atomic E-state index is 12.4. The van der Waals surface area contributed by atoms with Gasteiger partial charge < -0.3 is 5.32 Å². The highest BCUT2D eigenvalue weighted by atomic mass is 32.1. The molecule has 1 aromatic carbocycles. The summed E-state index contributed by atoms with van der Waals surface area (Å²) in [5.41, 5.74) is 0.961. The van der Waals surface area contributed by atoms with Gasteiger partial charge in [0.05, 0.1) is 4.92 Å². The highest BCUT2D eigenvalue weighted by Crippen LogP contribution is 2.32. The average Bonchev–Trinajstić information content (AvgIpc) is 3.03. The fourth-order valence-electron chi connectivity index (χ4n) is 2.82. The number of hydrogen-bond acceptors (Lipinski definition) is 6. The Labute approximate surface area is 143 Å². The number of piperidine rings is 1. The van der Waals surface area contributed by atoms with E-state index in [2.05, 4.69) is 15.6 Å². The van der Waals surface area contributed by atoms with E-state index in [9.17, 15) is 14.9 Å². The molecule has 8 heteroatoms. The maximum atomic E-state index is 12.4. The number of rotatable bonds is 4. The second-order valence-electron chi connectivity index (χ2n) is 5.80. The van der Waals surface area contributed by atoms with Gasteiger partial charge in [0, 0.05) is 28.8 Å². The zero-order valence-electron chi connectivity index (χ0n) is 13.2. The number of carbonyl (C=O) groups excluding carboxylic acids is 1. The minimum atomic E-state index is -0.471. The van der Waals surface area contributed by atoms with Crippen molar-refractivity contribution in [3.8, 4) is 0 Å². The van der Waals surface area contributed by atoms with E-state index in [1.807, 2.05) is 6.20 Å². The summed E-state index contributed by atoms with van der Waals surface area (Å²) >= 11 is 1.50. The molecule has 7 nitrogen and oxygen atoms in total. The number of aryl methyl sites for hydroxylation is 1. The second-order valence-corrected chi connectivity index (χ2v) is 6.86. The molecule has 0 radical (unpaired) electrons. The summed E-state index contributed by atoms with van der Waals surface area (Å²) < 4.78 is 0. The number of benzene rings is 1. The van der Waals surface area contributed by atoms with E-state index in [1.54, 1.807) is 6.92 Å². The van der Waals surface area contributed by atoms with Gasteiger partial charge in [-0.3, -0.25) is 20.2 Å². The number of nitro benzene ring substituents is 1. The highest BCUT2D eigenvalue weighted by molar-refractivity contribution is 7.15. The van der Waals surface area contributed by atoms with E-state index in [0.29, 0.717) is 22.2 Å². The monoisotopic (exact) mass is 346 g/mol. The molecule has 2 heterocycles. The van der Waals surface area contributed by atoms with Crippen molar-refractivity contribution in [2.75, 3.05) is 18.4 Å².